The lowest BCUT2D eigenvalue weighted by Gasteiger charge is -2.19. The first-order valence-corrected chi connectivity index (χ1v) is 6.56. The van der Waals surface area contributed by atoms with Gasteiger partial charge in [-0.2, -0.15) is 4.98 Å². The van der Waals surface area contributed by atoms with Crippen molar-refractivity contribution >= 4 is 12.0 Å². The molecule has 2 aromatic heterocycles. The largest absolute Gasteiger partial charge is 0.465 e. The van der Waals surface area contributed by atoms with E-state index >= 15 is 0 Å². The summed E-state index contributed by atoms with van der Waals surface area (Å²) < 4.78 is 10.3. The number of rotatable bonds is 3. The summed E-state index contributed by atoms with van der Waals surface area (Å²) in [6, 6.07) is 3.46. The van der Waals surface area contributed by atoms with Crippen LogP contribution in [-0.4, -0.2) is 27.5 Å². The Balaban J connectivity index is 1.73. The fourth-order valence-electron chi connectivity index (χ4n) is 2.37. The van der Waals surface area contributed by atoms with Crippen LogP contribution in [0.4, 0.5) is 0 Å². The van der Waals surface area contributed by atoms with Gasteiger partial charge in [0.25, 0.3) is 0 Å². The van der Waals surface area contributed by atoms with Crippen molar-refractivity contribution in [2.24, 2.45) is 0 Å². The van der Waals surface area contributed by atoms with E-state index in [-0.39, 0.29) is 11.9 Å². The maximum atomic E-state index is 12.2. The van der Waals surface area contributed by atoms with Crippen molar-refractivity contribution in [3.05, 3.63) is 41.9 Å². The minimum absolute atomic E-state index is 0.0697. The molecule has 0 radical (unpaired) electrons. The van der Waals surface area contributed by atoms with E-state index in [4.69, 9.17) is 8.94 Å². The molecule has 0 aromatic carbocycles. The Kier molecular flexibility index (Phi) is 3.37. The summed E-state index contributed by atoms with van der Waals surface area (Å²) >= 11 is 0. The van der Waals surface area contributed by atoms with E-state index in [1.807, 2.05) is 0 Å². The lowest BCUT2D eigenvalue weighted by Crippen LogP contribution is -2.29. The summed E-state index contributed by atoms with van der Waals surface area (Å²) in [7, 11) is 0. The predicted molar refractivity (Wildman–Crippen MR) is 70.5 cm³/mol. The summed E-state index contributed by atoms with van der Waals surface area (Å²) in [5.41, 5.74) is 0. The molecule has 1 saturated heterocycles. The molecule has 1 atom stereocenters. The first-order valence-electron chi connectivity index (χ1n) is 6.56. The molecule has 0 saturated carbocycles. The van der Waals surface area contributed by atoms with Crippen LogP contribution in [0.25, 0.3) is 6.08 Å². The maximum absolute atomic E-state index is 12.2. The van der Waals surface area contributed by atoms with Gasteiger partial charge < -0.3 is 13.8 Å². The van der Waals surface area contributed by atoms with Crippen LogP contribution in [0.3, 0.4) is 0 Å². The van der Waals surface area contributed by atoms with Gasteiger partial charge in [-0.15, -0.1) is 0 Å². The summed E-state index contributed by atoms with van der Waals surface area (Å²) in [6.45, 7) is 2.47. The Morgan fingerprint density at radius 2 is 2.45 bits per heavy atom. The van der Waals surface area contributed by atoms with Crippen LogP contribution in [0, 0.1) is 6.92 Å². The number of likely N-dealkylation sites (tertiary alicyclic amines) is 1. The van der Waals surface area contributed by atoms with E-state index < -0.39 is 0 Å². The van der Waals surface area contributed by atoms with Gasteiger partial charge >= 0.3 is 0 Å². The number of aryl methyl sites for hydroxylation is 1. The lowest BCUT2D eigenvalue weighted by atomic mass is 10.2. The molecule has 1 fully saturated rings. The first kappa shape index (κ1) is 12.7. The van der Waals surface area contributed by atoms with Crippen LogP contribution in [0.15, 0.2) is 33.4 Å². The van der Waals surface area contributed by atoms with E-state index in [1.165, 1.54) is 6.08 Å². The number of hydrogen-bond donors (Lipinski definition) is 0. The van der Waals surface area contributed by atoms with Crippen LogP contribution in [-0.2, 0) is 4.79 Å². The average molecular weight is 273 g/mol. The highest BCUT2D eigenvalue weighted by Crippen LogP contribution is 2.31. The summed E-state index contributed by atoms with van der Waals surface area (Å²) in [6.07, 6.45) is 6.54. The fourth-order valence-corrected chi connectivity index (χ4v) is 2.37. The van der Waals surface area contributed by atoms with Crippen molar-refractivity contribution in [1.29, 1.82) is 0 Å². The van der Waals surface area contributed by atoms with Gasteiger partial charge in [-0.3, -0.25) is 4.79 Å². The molecule has 1 amide bonds. The van der Waals surface area contributed by atoms with Gasteiger partial charge in [-0.25, -0.2) is 0 Å². The molecule has 3 rings (SSSR count). The van der Waals surface area contributed by atoms with Gasteiger partial charge in [0.15, 0.2) is 5.82 Å². The molecule has 6 heteroatoms. The zero-order chi connectivity index (χ0) is 13.9. The second-order valence-electron chi connectivity index (χ2n) is 4.72. The molecule has 0 aliphatic carbocycles. The van der Waals surface area contributed by atoms with Crippen molar-refractivity contribution in [3.63, 3.8) is 0 Å². The topological polar surface area (TPSA) is 72.4 Å². The number of nitrogens with zero attached hydrogens (tertiary/aromatic N) is 3. The van der Waals surface area contributed by atoms with Gasteiger partial charge in [0.1, 0.15) is 11.8 Å². The van der Waals surface area contributed by atoms with Gasteiger partial charge in [0.2, 0.25) is 11.8 Å². The SMILES string of the molecule is Cc1noc(C2CCCN2C(=O)/C=C/c2ccco2)n1. The Bertz CT molecular complexity index is 615. The van der Waals surface area contributed by atoms with Crippen LogP contribution >= 0.6 is 0 Å². The lowest BCUT2D eigenvalue weighted by molar-refractivity contribution is -0.127. The van der Waals surface area contributed by atoms with Gasteiger partial charge in [0.05, 0.1) is 6.26 Å². The normalized spacial score (nSPS) is 19.1. The quantitative estimate of drug-likeness (QED) is 0.803. The number of carbonyl (C=O) groups excluding carboxylic acids is 1. The van der Waals surface area contributed by atoms with Gasteiger partial charge in [-0.05, 0) is 38.0 Å². The number of carbonyl (C=O) groups is 1. The smallest absolute Gasteiger partial charge is 0.249 e. The highest BCUT2D eigenvalue weighted by Gasteiger charge is 2.32. The minimum atomic E-state index is -0.120. The molecule has 3 heterocycles. The molecule has 1 aliphatic heterocycles. The number of amides is 1. The molecule has 1 unspecified atom stereocenters. The summed E-state index contributed by atoms with van der Waals surface area (Å²) in [5.74, 6) is 1.69. The van der Waals surface area contributed by atoms with Gasteiger partial charge in [0, 0.05) is 12.6 Å². The molecule has 0 spiro atoms. The van der Waals surface area contributed by atoms with Crippen LogP contribution in [0.5, 0.6) is 0 Å². The molecular weight excluding hydrogens is 258 g/mol. The number of hydrogen-bond acceptors (Lipinski definition) is 5. The zero-order valence-corrected chi connectivity index (χ0v) is 11.2. The third kappa shape index (κ3) is 2.49. The molecule has 20 heavy (non-hydrogen) atoms. The number of furan rings is 1. The highest BCUT2D eigenvalue weighted by atomic mass is 16.5. The molecule has 1 aliphatic rings. The third-order valence-corrected chi connectivity index (χ3v) is 3.30. The zero-order valence-electron chi connectivity index (χ0n) is 11.2. The first-order chi connectivity index (χ1) is 9.74. The van der Waals surface area contributed by atoms with E-state index in [2.05, 4.69) is 10.1 Å². The monoisotopic (exact) mass is 273 g/mol. The third-order valence-electron chi connectivity index (χ3n) is 3.30. The molecule has 6 nitrogen and oxygen atoms in total. The molecule has 104 valence electrons. The van der Waals surface area contributed by atoms with E-state index in [0.29, 0.717) is 24.0 Å². The van der Waals surface area contributed by atoms with Crippen LogP contribution in [0.2, 0.25) is 0 Å². The second-order valence-corrected chi connectivity index (χ2v) is 4.72. The minimum Gasteiger partial charge on any atom is -0.465 e. The van der Waals surface area contributed by atoms with E-state index in [9.17, 15) is 4.79 Å². The van der Waals surface area contributed by atoms with Gasteiger partial charge in [-0.1, -0.05) is 5.16 Å². The Morgan fingerprint density at radius 3 is 3.15 bits per heavy atom. The van der Waals surface area contributed by atoms with Crippen molar-refractivity contribution in [2.75, 3.05) is 6.54 Å². The average Bonchev–Trinajstić information content (AvgIpc) is 3.16. The van der Waals surface area contributed by atoms with E-state index in [0.717, 1.165) is 12.8 Å². The second kappa shape index (κ2) is 5.32. The Hall–Kier alpha value is -2.37. The molecule has 2 aromatic rings. The van der Waals surface area contributed by atoms with Crippen molar-refractivity contribution in [3.8, 4) is 0 Å². The maximum Gasteiger partial charge on any atom is 0.249 e. The molecular formula is C14H15N3O3. The number of aromatic nitrogens is 2. The summed E-state index contributed by atoms with van der Waals surface area (Å²) in [5, 5.41) is 3.78. The molecule has 0 bridgehead atoms. The Morgan fingerprint density at radius 1 is 1.55 bits per heavy atom. The van der Waals surface area contributed by atoms with Crippen molar-refractivity contribution in [1.82, 2.24) is 15.0 Å². The predicted octanol–water partition coefficient (Wildman–Crippen LogP) is 2.35. The summed E-state index contributed by atoms with van der Waals surface area (Å²) in [4.78, 5) is 18.2. The highest BCUT2D eigenvalue weighted by molar-refractivity contribution is 5.91. The fraction of sp³-hybridized carbons (Fsp3) is 0.357. The van der Waals surface area contributed by atoms with Crippen LogP contribution in [0.1, 0.15) is 36.4 Å². The van der Waals surface area contributed by atoms with E-state index in [1.54, 1.807) is 36.3 Å². The standard InChI is InChI=1S/C14H15N3O3/c1-10-15-14(20-16-10)12-5-2-8-17(12)13(18)7-6-11-4-3-9-19-11/h3-4,6-7,9,12H,2,5,8H2,1H3/b7-6+. The van der Waals surface area contributed by atoms with Crippen molar-refractivity contribution in [2.45, 2.75) is 25.8 Å². The molecule has 0 N–H and O–H groups in total. The Labute approximate surface area is 116 Å². The van der Waals surface area contributed by atoms with Crippen LogP contribution < -0.4 is 0 Å². The van der Waals surface area contributed by atoms with Crippen molar-refractivity contribution < 1.29 is 13.7 Å².